The number of carbonyl (C=O) groups is 2. The summed E-state index contributed by atoms with van der Waals surface area (Å²) in [6, 6.07) is 0.0648. The third-order valence-electron chi connectivity index (χ3n) is 2.11. The molecular formula is C13H30N4O2. The summed E-state index contributed by atoms with van der Waals surface area (Å²) in [5.74, 6) is 0.0463. The molecule has 0 aliphatic carbocycles. The maximum absolute atomic E-state index is 10.5. The second-order valence-corrected chi connectivity index (χ2v) is 3.32. The normalized spacial score (nSPS) is 9.21. The van der Waals surface area contributed by atoms with Crippen molar-refractivity contribution in [2.45, 2.75) is 54.0 Å². The number of nitrogens with zero attached hydrogens (tertiary/aromatic N) is 2. The zero-order valence-electron chi connectivity index (χ0n) is 12.3. The molecule has 0 aromatic heterocycles. The number of nitrogens with one attached hydrogen (secondary N) is 1. The third kappa shape index (κ3) is 16.6. The topological polar surface area (TPSA) is 109 Å². The van der Waals surface area contributed by atoms with Gasteiger partial charge in [0.25, 0.3) is 0 Å². The van der Waals surface area contributed by atoms with Crippen molar-refractivity contribution in [1.29, 1.82) is 0 Å². The van der Waals surface area contributed by atoms with Crippen LogP contribution >= 0.6 is 0 Å². The zero-order valence-corrected chi connectivity index (χ0v) is 12.3. The van der Waals surface area contributed by atoms with E-state index in [4.69, 9.17) is 5.53 Å². The standard InChI is InChI=1S/C6H13NO.C5H8N2O.CH5N.CH4/c1-4-6(7-3)5(2)8;1-3-5(7-6)4(2)8;1-2;/h6-7H,4H2,1-3H3;3H2,1-2H3;2H2,1H3;1H4. The molecule has 6 nitrogen and oxygen atoms in total. The zero-order chi connectivity index (χ0) is 15.1. The van der Waals surface area contributed by atoms with E-state index in [9.17, 15) is 9.59 Å². The Morgan fingerprint density at radius 1 is 1.26 bits per heavy atom. The van der Waals surface area contributed by atoms with Crippen molar-refractivity contribution in [3.63, 3.8) is 0 Å². The predicted molar refractivity (Wildman–Crippen MR) is 80.3 cm³/mol. The molecule has 0 aliphatic rings. The molecule has 0 aliphatic heterocycles. The van der Waals surface area contributed by atoms with Gasteiger partial charge in [0.05, 0.1) is 12.5 Å². The Labute approximate surface area is 117 Å². The van der Waals surface area contributed by atoms with Crippen LogP contribution in [0.4, 0.5) is 0 Å². The quantitative estimate of drug-likeness (QED) is 0.449. The summed E-state index contributed by atoms with van der Waals surface area (Å²) in [4.78, 5) is 23.6. The van der Waals surface area contributed by atoms with Crippen LogP contribution in [-0.4, -0.2) is 42.2 Å². The molecule has 0 aromatic carbocycles. The van der Waals surface area contributed by atoms with Gasteiger partial charge in [-0.2, -0.15) is 4.79 Å². The summed E-state index contributed by atoms with van der Waals surface area (Å²) in [6.07, 6.45) is 1.37. The summed E-state index contributed by atoms with van der Waals surface area (Å²) in [5.41, 5.74) is 12.8. The summed E-state index contributed by atoms with van der Waals surface area (Å²) < 4.78 is 0. The molecule has 0 saturated carbocycles. The maximum atomic E-state index is 10.5. The Hall–Kier alpha value is -1.36. The summed E-state index contributed by atoms with van der Waals surface area (Å²) >= 11 is 0. The van der Waals surface area contributed by atoms with Crippen LogP contribution in [0.2, 0.25) is 0 Å². The van der Waals surface area contributed by atoms with Gasteiger partial charge in [-0.3, -0.25) is 9.59 Å². The van der Waals surface area contributed by atoms with Crippen LogP contribution in [0.25, 0.3) is 5.53 Å². The van der Waals surface area contributed by atoms with Crippen LogP contribution in [0.3, 0.4) is 0 Å². The van der Waals surface area contributed by atoms with E-state index in [0.29, 0.717) is 6.42 Å². The molecule has 0 fully saturated rings. The highest BCUT2D eigenvalue weighted by molar-refractivity contribution is 6.36. The molecule has 3 N–H and O–H groups in total. The Morgan fingerprint density at radius 3 is 1.68 bits per heavy atom. The molecule has 6 heteroatoms. The number of hydrogen-bond donors (Lipinski definition) is 2. The van der Waals surface area contributed by atoms with Gasteiger partial charge in [0, 0.05) is 6.92 Å². The highest BCUT2D eigenvalue weighted by atomic mass is 16.1. The van der Waals surface area contributed by atoms with Crippen LogP contribution in [0.5, 0.6) is 0 Å². The highest BCUT2D eigenvalue weighted by Gasteiger charge is 2.09. The van der Waals surface area contributed by atoms with Gasteiger partial charge >= 0.3 is 5.71 Å². The molecule has 1 unspecified atom stereocenters. The van der Waals surface area contributed by atoms with Crippen LogP contribution in [0, 0.1) is 0 Å². The number of carbonyl (C=O) groups excluding carboxylic acids is 2. The van der Waals surface area contributed by atoms with Crippen LogP contribution in [0.1, 0.15) is 48.0 Å². The Bertz CT molecular complexity index is 280. The van der Waals surface area contributed by atoms with Crippen molar-refractivity contribution in [2.24, 2.45) is 5.73 Å². The van der Waals surface area contributed by atoms with Gasteiger partial charge in [-0.1, -0.05) is 21.3 Å². The van der Waals surface area contributed by atoms with E-state index in [1.165, 1.54) is 14.0 Å². The first-order chi connectivity index (χ1) is 8.44. The first kappa shape index (κ1) is 26.3. The second kappa shape index (κ2) is 19.0. The molecule has 1 atom stereocenters. The summed E-state index contributed by atoms with van der Waals surface area (Å²) in [7, 11) is 3.30. The lowest BCUT2D eigenvalue weighted by Gasteiger charge is -2.07. The van der Waals surface area contributed by atoms with Crippen molar-refractivity contribution in [1.82, 2.24) is 5.32 Å². The first-order valence-corrected chi connectivity index (χ1v) is 5.91. The molecule has 0 aromatic rings. The Balaban J connectivity index is -0.0000000999. The van der Waals surface area contributed by atoms with Crippen molar-refractivity contribution in [2.75, 3.05) is 14.1 Å². The van der Waals surface area contributed by atoms with E-state index in [1.807, 2.05) is 6.92 Å². The minimum absolute atomic E-state index is 0. The van der Waals surface area contributed by atoms with Gasteiger partial charge in [-0.25, -0.2) is 0 Å². The first-order valence-electron chi connectivity index (χ1n) is 5.91. The van der Waals surface area contributed by atoms with E-state index in [-0.39, 0.29) is 30.7 Å². The molecule has 0 amide bonds. The van der Waals surface area contributed by atoms with Crippen molar-refractivity contribution < 1.29 is 14.4 Å². The van der Waals surface area contributed by atoms with Crippen molar-refractivity contribution >= 4 is 17.3 Å². The Morgan fingerprint density at radius 2 is 1.68 bits per heavy atom. The van der Waals surface area contributed by atoms with Crippen LogP contribution < -0.4 is 11.1 Å². The average molecular weight is 274 g/mol. The molecule has 0 rings (SSSR count). The summed E-state index contributed by atoms with van der Waals surface area (Å²) in [6.45, 7) is 6.72. The predicted octanol–water partition coefficient (Wildman–Crippen LogP) is 1.44. The molecule has 0 spiro atoms. The summed E-state index contributed by atoms with van der Waals surface area (Å²) in [5, 5.41) is 2.90. The van der Waals surface area contributed by atoms with Crippen molar-refractivity contribution in [3.8, 4) is 0 Å². The lowest BCUT2D eigenvalue weighted by atomic mass is 10.1. The number of rotatable bonds is 5. The van der Waals surface area contributed by atoms with Gasteiger partial charge in [0.15, 0.2) is 0 Å². The van der Waals surface area contributed by atoms with E-state index in [0.717, 1.165) is 6.42 Å². The van der Waals surface area contributed by atoms with Gasteiger partial charge in [0.2, 0.25) is 5.78 Å². The van der Waals surface area contributed by atoms with Crippen molar-refractivity contribution in [3.05, 3.63) is 5.53 Å². The van der Waals surface area contributed by atoms with E-state index in [2.05, 4.69) is 15.8 Å². The van der Waals surface area contributed by atoms with E-state index in [1.54, 1.807) is 20.9 Å². The number of hydrogen-bond acceptors (Lipinski definition) is 4. The molecule has 0 bridgehead atoms. The molecule has 19 heavy (non-hydrogen) atoms. The molecule has 0 radical (unpaired) electrons. The lowest BCUT2D eigenvalue weighted by Crippen LogP contribution is -2.31. The fraction of sp³-hybridized carbons (Fsp3) is 0.769. The van der Waals surface area contributed by atoms with Gasteiger partial charge in [0.1, 0.15) is 5.78 Å². The second-order valence-electron chi connectivity index (χ2n) is 3.32. The number of Topliss-reactive ketones (excluding diaryl/α,β-unsaturated/α-hetero) is 2. The molecule has 0 heterocycles. The third-order valence-corrected chi connectivity index (χ3v) is 2.11. The van der Waals surface area contributed by atoms with Crippen LogP contribution in [0.15, 0.2) is 0 Å². The average Bonchev–Trinajstić information content (AvgIpc) is 2.34. The largest absolute Gasteiger partial charge is 0.361 e. The molecular weight excluding hydrogens is 244 g/mol. The monoisotopic (exact) mass is 274 g/mol. The number of nitrogens with two attached hydrogens (primary N) is 1. The molecule has 0 saturated heterocycles. The van der Waals surface area contributed by atoms with Crippen LogP contribution in [-0.2, 0) is 9.59 Å². The fourth-order valence-electron chi connectivity index (χ4n) is 1.08. The fourth-order valence-corrected chi connectivity index (χ4v) is 1.08. The Kier molecular flexibility index (Phi) is 26.2. The number of likely N-dealkylation sites (N-methyl/N-ethyl adjacent to an activating group) is 1. The SMILES string of the molecule is C.CCC(=[N+]=[N-])C(C)=O.CCC(NC)C(C)=O.CN. The van der Waals surface area contributed by atoms with E-state index >= 15 is 0 Å². The minimum Gasteiger partial charge on any atom is -0.361 e. The highest BCUT2D eigenvalue weighted by Crippen LogP contribution is 1.88. The van der Waals surface area contributed by atoms with E-state index < -0.39 is 0 Å². The maximum Gasteiger partial charge on any atom is 0.333 e. The van der Waals surface area contributed by atoms with Gasteiger partial charge in [-0.05, 0) is 27.4 Å². The smallest absolute Gasteiger partial charge is 0.333 e. The minimum atomic E-state index is -0.171. The van der Waals surface area contributed by atoms with Gasteiger partial charge < -0.3 is 16.6 Å². The van der Waals surface area contributed by atoms with Gasteiger partial charge in [-0.15, -0.1) is 0 Å². The lowest BCUT2D eigenvalue weighted by molar-refractivity contribution is -0.119. The number of ketones is 2. The molecule has 114 valence electrons.